The average Bonchev–Trinajstić information content (AvgIpc) is 3.13. The zero-order valence-corrected chi connectivity index (χ0v) is 18.6. The quantitative estimate of drug-likeness (QED) is 0.527. The van der Waals surface area contributed by atoms with Crippen molar-refractivity contribution < 1.29 is 19.1 Å². The topological polar surface area (TPSA) is 95.3 Å². The molecule has 1 aliphatic heterocycles. The third-order valence-corrected chi connectivity index (χ3v) is 5.61. The van der Waals surface area contributed by atoms with Crippen LogP contribution in [0.5, 0.6) is 0 Å². The van der Waals surface area contributed by atoms with Gasteiger partial charge in [0.25, 0.3) is 0 Å². The van der Waals surface area contributed by atoms with Crippen molar-refractivity contribution in [3.8, 4) is 0 Å². The summed E-state index contributed by atoms with van der Waals surface area (Å²) < 4.78 is 11.7. The molecule has 1 atom stereocenters. The predicted molar refractivity (Wildman–Crippen MR) is 114 cm³/mol. The number of carbonyl (C=O) groups is 2. The first-order valence-corrected chi connectivity index (χ1v) is 10.7. The molecule has 0 fully saturated rings. The molecule has 1 N–H and O–H groups in total. The largest absolute Gasteiger partial charge is 0.468 e. The Labute approximate surface area is 180 Å². The van der Waals surface area contributed by atoms with Crippen molar-refractivity contribution in [1.82, 2.24) is 14.8 Å². The lowest BCUT2D eigenvalue weighted by Gasteiger charge is -2.28. The van der Waals surface area contributed by atoms with Gasteiger partial charge in [-0.2, -0.15) is 4.98 Å². The zero-order chi connectivity index (χ0) is 21.8. The molecule has 0 saturated heterocycles. The fraction of sp³-hybridized carbons (Fsp3) is 0.429. The molecule has 0 spiro atoms. The molecule has 0 radical (unpaired) electrons. The molecule has 2 aromatic rings. The number of nitrogens with one attached hydrogen (secondary N) is 1. The zero-order valence-electron chi connectivity index (χ0n) is 17.8. The van der Waals surface area contributed by atoms with Crippen LogP contribution in [0, 0.1) is 0 Å². The predicted octanol–water partition coefficient (Wildman–Crippen LogP) is 3.52. The standard InChI is InChI=1S/C21H26N4O4S/c1-6-29-19(27)17-13(4)22-20-23-21(30-11-16(26)28-5)24-25(20)18(17)15-9-7-14(8-10-15)12(2)3/h7-10,12,18H,6,11H2,1-5H3,(H,22,23,24). The van der Waals surface area contributed by atoms with E-state index in [1.54, 1.807) is 11.6 Å². The van der Waals surface area contributed by atoms with Gasteiger partial charge in [-0.15, -0.1) is 5.10 Å². The van der Waals surface area contributed by atoms with Crippen molar-refractivity contribution >= 4 is 29.6 Å². The van der Waals surface area contributed by atoms with Crippen LogP contribution in [-0.4, -0.2) is 46.2 Å². The molecule has 1 aromatic heterocycles. The second-order valence-corrected chi connectivity index (χ2v) is 8.08. The summed E-state index contributed by atoms with van der Waals surface area (Å²) in [5.41, 5.74) is 3.25. The molecule has 0 amide bonds. The van der Waals surface area contributed by atoms with Gasteiger partial charge in [0.15, 0.2) is 0 Å². The van der Waals surface area contributed by atoms with E-state index in [0.717, 1.165) is 5.56 Å². The molecule has 2 heterocycles. The van der Waals surface area contributed by atoms with Crippen LogP contribution in [0.4, 0.5) is 5.95 Å². The van der Waals surface area contributed by atoms with Crippen LogP contribution in [0.1, 0.15) is 50.8 Å². The van der Waals surface area contributed by atoms with Gasteiger partial charge in [-0.05, 0) is 30.9 Å². The fourth-order valence-corrected chi connectivity index (χ4v) is 3.88. The Morgan fingerprint density at radius 3 is 2.57 bits per heavy atom. The van der Waals surface area contributed by atoms with Gasteiger partial charge in [-0.1, -0.05) is 49.9 Å². The maximum absolute atomic E-state index is 12.8. The summed E-state index contributed by atoms with van der Waals surface area (Å²) in [4.78, 5) is 28.7. The van der Waals surface area contributed by atoms with Crippen molar-refractivity contribution in [3.63, 3.8) is 0 Å². The van der Waals surface area contributed by atoms with Crippen molar-refractivity contribution in [2.75, 3.05) is 24.8 Å². The molecule has 1 aromatic carbocycles. The number of ether oxygens (including phenoxy) is 2. The highest BCUT2D eigenvalue weighted by atomic mass is 32.2. The summed E-state index contributed by atoms with van der Waals surface area (Å²) in [6.45, 7) is 8.14. The maximum atomic E-state index is 12.8. The van der Waals surface area contributed by atoms with Gasteiger partial charge in [-0.25, -0.2) is 9.48 Å². The van der Waals surface area contributed by atoms with Crippen LogP contribution in [0.2, 0.25) is 0 Å². The van der Waals surface area contributed by atoms with Crippen molar-refractivity contribution in [2.45, 2.75) is 44.8 Å². The van der Waals surface area contributed by atoms with E-state index in [9.17, 15) is 9.59 Å². The number of hydrogen-bond acceptors (Lipinski definition) is 8. The second-order valence-electron chi connectivity index (χ2n) is 7.14. The summed E-state index contributed by atoms with van der Waals surface area (Å²) in [7, 11) is 1.34. The lowest BCUT2D eigenvalue weighted by molar-refractivity contribution is -0.139. The Balaban J connectivity index is 2.03. The van der Waals surface area contributed by atoms with Crippen LogP contribution < -0.4 is 5.32 Å². The number of anilines is 1. The van der Waals surface area contributed by atoms with Gasteiger partial charge in [0.1, 0.15) is 6.04 Å². The van der Waals surface area contributed by atoms with E-state index in [2.05, 4.69) is 46.1 Å². The number of rotatable bonds is 7. The minimum atomic E-state index is -0.485. The van der Waals surface area contributed by atoms with E-state index >= 15 is 0 Å². The fourth-order valence-electron chi connectivity index (χ4n) is 3.22. The van der Waals surface area contributed by atoms with E-state index in [-0.39, 0.29) is 18.3 Å². The molecular formula is C21H26N4O4S. The number of hydrogen-bond donors (Lipinski definition) is 1. The summed E-state index contributed by atoms with van der Waals surface area (Å²) in [5, 5.41) is 8.12. The first-order chi connectivity index (χ1) is 14.3. The Bertz CT molecular complexity index is 966. The summed E-state index contributed by atoms with van der Waals surface area (Å²) >= 11 is 1.18. The molecule has 1 unspecified atom stereocenters. The van der Waals surface area contributed by atoms with E-state index in [1.165, 1.54) is 24.4 Å². The number of thioether (sulfide) groups is 1. The normalized spacial score (nSPS) is 15.6. The number of carbonyl (C=O) groups excluding carboxylic acids is 2. The van der Waals surface area contributed by atoms with Gasteiger partial charge < -0.3 is 14.8 Å². The van der Waals surface area contributed by atoms with Gasteiger partial charge in [0.2, 0.25) is 11.1 Å². The molecule has 9 heteroatoms. The summed E-state index contributed by atoms with van der Waals surface area (Å²) in [6, 6.07) is 7.64. The summed E-state index contributed by atoms with van der Waals surface area (Å²) in [5.74, 6) is 0.251. The average molecular weight is 431 g/mol. The molecule has 160 valence electrons. The van der Waals surface area contributed by atoms with Crippen LogP contribution in [0.25, 0.3) is 0 Å². The molecule has 0 saturated carbocycles. The number of methoxy groups -OCH3 is 1. The Morgan fingerprint density at radius 2 is 1.97 bits per heavy atom. The van der Waals surface area contributed by atoms with Crippen LogP contribution in [-0.2, 0) is 19.1 Å². The van der Waals surface area contributed by atoms with Gasteiger partial charge in [0, 0.05) is 5.70 Å². The smallest absolute Gasteiger partial charge is 0.338 e. The first kappa shape index (κ1) is 21.9. The lowest BCUT2D eigenvalue weighted by atomic mass is 9.93. The van der Waals surface area contributed by atoms with E-state index in [4.69, 9.17) is 4.74 Å². The molecule has 30 heavy (non-hydrogen) atoms. The van der Waals surface area contributed by atoms with Gasteiger partial charge in [0.05, 0.1) is 25.0 Å². The van der Waals surface area contributed by atoms with E-state index in [1.807, 2.05) is 19.1 Å². The SMILES string of the molecule is CCOC(=O)C1=C(C)Nc2nc(SCC(=O)OC)nn2C1c1ccc(C(C)C)cc1. The highest BCUT2D eigenvalue weighted by Crippen LogP contribution is 2.37. The highest BCUT2D eigenvalue weighted by molar-refractivity contribution is 7.99. The number of esters is 2. The molecule has 0 bridgehead atoms. The molecule has 0 aliphatic carbocycles. The number of benzene rings is 1. The Hall–Kier alpha value is -2.81. The number of nitrogens with zero attached hydrogens (tertiary/aromatic N) is 3. The second kappa shape index (κ2) is 9.34. The molecular weight excluding hydrogens is 404 g/mol. The monoisotopic (exact) mass is 430 g/mol. The van der Waals surface area contributed by atoms with Crippen molar-refractivity contribution in [2.24, 2.45) is 0 Å². The van der Waals surface area contributed by atoms with Crippen molar-refractivity contribution in [1.29, 1.82) is 0 Å². The first-order valence-electron chi connectivity index (χ1n) is 9.76. The summed E-state index contributed by atoms with van der Waals surface area (Å²) in [6.07, 6.45) is 0. The number of allylic oxidation sites excluding steroid dienone is 1. The third-order valence-electron chi connectivity index (χ3n) is 4.79. The molecule has 1 aliphatic rings. The minimum absolute atomic E-state index is 0.102. The van der Waals surface area contributed by atoms with E-state index in [0.29, 0.717) is 28.3 Å². The van der Waals surface area contributed by atoms with Gasteiger partial charge >= 0.3 is 11.9 Å². The Morgan fingerprint density at radius 1 is 1.27 bits per heavy atom. The lowest BCUT2D eigenvalue weighted by Crippen LogP contribution is -2.29. The van der Waals surface area contributed by atoms with Gasteiger partial charge in [-0.3, -0.25) is 4.79 Å². The van der Waals surface area contributed by atoms with Crippen molar-refractivity contribution in [3.05, 3.63) is 46.7 Å². The maximum Gasteiger partial charge on any atom is 0.338 e. The number of fused-ring (bicyclic) bond motifs is 1. The highest BCUT2D eigenvalue weighted by Gasteiger charge is 2.35. The Kier molecular flexibility index (Phi) is 6.81. The molecule has 3 rings (SSSR count). The number of aromatic nitrogens is 3. The van der Waals surface area contributed by atoms with E-state index < -0.39 is 12.0 Å². The van der Waals surface area contributed by atoms with Crippen LogP contribution >= 0.6 is 11.8 Å². The van der Waals surface area contributed by atoms with Crippen LogP contribution in [0.15, 0.2) is 40.7 Å². The molecule has 8 nitrogen and oxygen atoms in total. The minimum Gasteiger partial charge on any atom is -0.468 e. The third kappa shape index (κ3) is 4.51. The van der Waals surface area contributed by atoms with Crippen LogP contribution in [0.3, 0.4) is 0 Å².